The van der Waals surface area contributed by atoms with E-state index in [4.69, 9.17) is 37.0 Å². The number of unbranched alkanes of at least 4 members (excludes halogenated alkanes) is 21. The first-order valence-corrected chi connectivity index (χ1v) is 33.7. The summed E-state index contributed by atoms with van der Waals surface area (Å²) in [4.78, 5) is 71.9. The van der Waals surface area contributed by atoms with Crippen LogP contribution < -0.4 is 0 Å². The molecule has 3 unspecified atom stereocenters. The third-order valence-electron chi connectivity index (χ3n) is 13.7. The zero-order valence-corrected chi connectivity index (χ0v) is 52.1. The average molecular weight is 1160 g/mol. The van der Waals surface area contributed by atoms with Gasteiger partial charge in [-0.25, -0.2) is 9.13 Å². The maximum Gasteiger partial charge on any atom is 0.472 e. The number of ether oxygens (including phenoxy) is 4. The molecule has 6 atom stereocenters. The fourth-order valence-electron chi connectivity index (χ4n) is 8.51. The third kappa shape index (κ3) is 52.2. The predicted octanol–water partition coefficient (Wildman–Crippen LogP) is 15.4. The predicted molar refractivity (Wildman–Crippen MR) is 307 cm³/mol. The topological polar surface area (TPSA) is 237 Å². The summed E-state index contributed by atoms with van der Waals surface area (Å²) in [5.41, 5.74) is 0. The number of esters is 4. The molecule has 0 radical (unpaired) electrons. The first-order valence-electron chi connectivity index (χ1n) is 30.7. The molecule has 462 valence electrons. The zero-order chi connectivity index (χ0) is 58.3. The number of phosphoric ester groups is 2. The molecule has 0 saturated carbocycles. The van der Waals surface area contributed by atoms with Crippen LogP contribution in [0.5, 0.6) is 0 Å². The number of hydrogen-bond acceptors (Lipinski definition) is 15. The second-order valence-corrected chi connectivity index (χ2v) is 26.0. The highest BCUT2D eigenvalue weighted by atomic mass is 31.2. The molecule has 0 rings (SSSR count). The van der Waals surface area contributed by atoms with Crippen LogP contribution in [0, 0.1) is 23.7 Å². The Morgan fingerprint density at radius 3 is 0.910 bits per heavy atom. The SMILES string of the molecule is CCC(C)CCCCCCCCC(=O)O[C@H](COC(=O)CCCCCCCCC(C)C)COP(=O)(O)OC[C@H](O)COP(=O)(O)OC[C@@H](COC(=O)CCCCCCCCCC(C)C)OC(=O)CCCCCCCCC(C)C. The largest absolute Gasteiger partial charge is 0.472 e. The monoisotopic (exact) mass is 1160 g/mol. The van der Waals surface area contributed by atoms with E-state index in [9.17, 15) is 43.2 Å². The molecule has 0 bridgehead atoms. The van der Waals surface area contributed by atoms with E-state index in [2.05, 4.69) is 55.4 Å². The van der Waals surface area contributed by atoms with Gasteiger partial charge < -0.3 is 33.8 Å². The van der Waals surface area contributed by atoms with E-state index in [1.165, 1.54) is 64.2 Å². The Hall–Kier alpha value is -1.94. The molecule has 0 aromatic rings. The van der Waals surface area contributed by atoms with Crippen molar-refractivity contribution in [1.82, 2.24) is 0 Å². The van der Waals surface area contributed by atoms with Crippen molar-refractivity contribution in [2.45, 2.75) is 292 Å². The van der Waals surface area contributed by atoms with E-state index in [1.807, 2.05) is 0 Å². The maximum absolute atomic E-state index is 12.9. The highest BCUT2D eigenvalue weighted by molar-refractivity contribution is 7.47. The number of carbonyl (C=O) groups excluding carboxylic acids is 4. The second-order valence-electron chi connectivity index (χ2n) is 23.1. The van der Waals surface area contributed by atoms with Crippen molar-refractivity contribution >= 4 is 39.5 Å². The number of hydrogen-bond donors (Lipinski definition) is 3. The first kappa shape index (κ1) is 76.1. The molecule has 0 aromatic heterocycles. The lowest BCUT2D eigenvalue weighted by Crippen LogP contribution is -2.30. The smallest absolute Gasteiger partial charge is 0.462 e. The van der Waals surface area contributed by atoms with Crippen molar-refractivity contribution in [2.75, 3.05) is 39.6 Å². The standard InChI is InChI=1S/C59H114O17P2/c1-9-52(8)38-30-22-15-18-26-34-42-59(64)76-55(46-70-57(62)40-32-24-16-13-20-28-36-50(4)5)48-74-78(67,68)72-44-53(60)43-71-77(65,66)73-47-54(75-58(63)41-33-25-17-14-21-29-37-51(6)7)45-69-56(61)39-31-23-12-10-11-19-27-35-49(2)3/h49-55,60H,9-48H2,1-8H3,(H,65,66)(H,67,68)/t52?,53-,54-,55-/m1/s1. The minimum Gasteiger partial charge on any atom is -0.462 e. The molecule has 0 spiro atoms. The van der Waals surface area contributed by atoms with Crippen LogP contribution in [-0.2, 0) is 65.4 Å². The van der Waals surface area contributed by atoms with Gasteiger partial charge in [-0.1, -0.05) is 222 Å². The molecule has 0 aliphatic carbocycles. The van der Waals surface area contributed by atoms with E-state index in [1.54, 1.807) is 0 Å². The number of rotatable bonds is 56. The van der Waals surface area contributed by atoms with Crippen LogP contribution in [0.25, 0.3) is 0 Å². The molecule has 0 saturated heterocycles. The molecule has 0 heterocycles. The van der Waals surface area contributed by atoms with Crippen LogP contribution in [-0.4, -0.2) is 96.7 Å². The minimum absolute atomic E-state index is 0.100. The van der Waals surface area contributed by atoms with Crippen LogP contribution in [0.3, 0.4) is 0 Å². The van der Waals surface area contributed by atoms with Gasteiger partial charge in [-0.2, -0.15) is 0 Å². The van der Waals surface area contributed by atoms with Gasteiger partial charge in [0.25, 0.3) is 0 Å². The summed E-state index contributed by atoms with van der Waals surface area (Å²) in [6.07, 6.45) is 27.1. The Morgan fingerprint density at radius 2 is 0.615 bits per heavy atom. The fourth-order valence-corrected chi connectivity index (χ4v) is 10.1. The van der Waals surface area contributed by atoms with E-state index in [0.29, 0.717) is 43.4 Å². The number of phosphoric acid groups is 2. The zero-order valence-electron chi connectivity index (χ0n) is 50.3. The van der Waals surface area contributed by atoms with Crippen LogP contribution in [0.2, 0.25) is 0 Å². The highest BCUT2D eigenvalue weighted by Gasteiger charge is 2.30. The summed E-state index contributed by atoms with van der Waals surface area (Å²) >= 11 is 0. The Morgan fingerprint density at radius 1 is 0.359 bits per heavy atom. The van der Waals surface area contributed by atoms with Crippen molar-refractivity contribution in [3.05, 3.63) is 0 Å². The van der Waals surface area contributed by atoms with Gasteiger partial charge in [-0.15, -0.1) is 0 Å². The lowest BCUT2D eigenvalue weighted by atomic mass is 10.00. The molecule has 0 fully saturated rings. The summed E-state index contributed by atoms with van der Waals surface area (Å²) in [7, 11) is -9.88. The van der Waals surface area contributed by atoms with Gasteiger partial charge in [0, 0.05) is 25.7 Å². The molecular weight excluding hydrogens is 1040 g/mol. The Bertz CT molecular complexity index is 1580. The average Bonchev–Trinajstić information content (AvgIpc) is 3.38. The van der Waals surface area contributed by atoms with Gasteiger partial charge in [0.2, 0.25) is 0 Å². The van der Waals surface area contributed by atoms with Gasteiger partial charge in [0.1, 0.15) is 19.3 Å². The molecule has 0 aromatic carbocycles. The Labute approximate surface area is 473 Å². The third-order valence-corrected chi connectivity index (χ3v) is 15.6. The molecule has 0 aliphatic heterocycles. The maximum atomic E-state index is 12.9. The molecule has 3 N–H and O–H groups in total. The summed E-state index contributed by atoms with van der Waals surface area (Å²) in [5, 5.41) is 10.5. The van der Waals surface area contributed by atoms with Crippen LogP contribution in [0.1, 0.15) is 274 Å². The van der Waals surface area contributed by atoms with Crippen LogP contribution >= 0.6 is 15.6 Å². The van der Waals surface area contributed by atoms with Gasteiger partial charge in [-0.3, -0.25) is 37.3 Å². The summed E-state index contributed by atoms with van der Waals surface area (Å²) in [5.74, 6) is 0.620. The molecular formula is C59H114O17P2. The van der Waals surface area contributed by atoms with Gasteiger partial charge in [0.15, 0.2) is 12.2 Å². The van der Waals surface area contributed by atoms with Crippen LogP contribution in [0.4, 0.5) is 0 Å². The number of carbonyl (C=O) groups is 4. The van der Waals surface area contributed by atoms with Crippen molar-refractivity contribution < 1.29 is 80.2 Å². The van der Waals surface area contributed by atoms with Crippen molar-refractivity contribution in [3.8, 4) is 0 Å². The lowest BCUT2D eigenvalue weighted by Gasteiger charge is -2.21. The summed E-state index contributed by atoms with van der Waals surface area (Å²) in [6, 6.07) is 0. The van der Waals surface area contributed by atoms with Crippen molar-refractivity contribution in [3.63, 3.8) is 0 Å². The van der Waals surface area contributed by atoms with Gasteiger partial charge in [-0.05, 0) is 49.4 Å². The Kier molecular flexibility index (Phi) is 48.4. The van der Waals surface area contributed by atoms with Crippen LogP contribution in [0.15, 0.2) is 0 Å². The molecule has 0 amide bonds. The van der Waals surface area contributed by atoms with Crippen molar-refractivity contribution in [2.24, 2.45) is 23.7 Å². The quantitative estimate of drug-likeness (QED) is 0.0222. The highest BCUT2D eigenvalue weighted by Crippen LogP contribution is 2.45. The number of aliphatic hydroxyl groups excluding tert-OH is 1. The lowest BCUT2D eigenvalue weighted by molar-refractivity contribution is -0.161. The normalized spacial score (nSPS) is 14.9. The fraction of sp³-hybridized carbons (Fsp3) is 0.932. The first-order chi connectivity index (χ1) is 37.1. The van der Waals surface area contributed by atoms with E-state index in [0.717, 1.165) is 109 Å². The Balaban J connectivity index is 5.25. The summed E-state index contributed by atoms with van der Waals surface area (Å²) < 4.78 is 67.7. The van der Waals surface area contributed by atoms with E-state index >= 15 is 0 Å². The summed E-state index contributed by atoms with van der Waals surface area (Å²) in [6.45, 7) is 13.8. The van der Waals surface area contributed by atoms with Crippen molar-refractivity contribution in [1.29, 1.82) is 0 Å². The molecule has 0 aliphatic rings. The molecule has 78 heavy (non-hydrogen) atoms. The van der Waals surface area contributed by atoms with Gasteiger partial charge in [0.05, 0.1) is 26.4 Å². The second kappa shape index (κ2) is 49.7. The van der Waals surface area contributed by atoms with E-state index < -0.39 is 97.5 Å². The molecule has 17 nitrogen and oxygen atoms in total. The minimum atomic E-state index is -4.94. The molecule has 19 heteroatoms. The number of aliphatic hydroxyl groups is 1. The van der Waals surface area contributed by atoms with E-state index in [-0.39, 0.29) is 25.7 Å². The van der Waals surface area contributed by atoms with Gasteiger partial charge >= 0.3 is 39.5 Å².